The molecule has 3 heterocycles. The minimum Gasteiger partial charge on any atom is -0.371 e. The maximum Gasteiger partial charge on any atom is 0.315 e. The Morgan fingerprint density at radius 1 is 1.23 bits per heavy atom. The first kappa shape index (κ1) is 17.7. The van der Waals surface area contributed by atoms with E-state index in [1.54, 1.807) is 0 Å². The van der Waals surface area contributed by atoms with Crippen molar-refractivity contribution in [3.05, 3.63) is 11.9 Å². The molecule has 1 saturated carbocycles. The Bertz CT molecular complexity index is 616. The number of ether oxygens (including phenoxy) is 2. The lowest BCUT2D eigenvalue weighted by Crippen LogP contribution is -2.48. The molecule has 4 rings (SSSR count). The smallest absolute Gasteiger partial charge is 0.315 e. The molecule has 1 aliphatic carbocycles. The molecule has 0 aromatic carbocycles. The normalized spacial score (nSPS) is 31.7. The maximum absolute atomic E-state index is 11.8. The molecule has 0 spiro atoms. The van der Waals surface area contributed by atoms with Crippen molar-refractivity contribution in [1.82, 2.24) is 25.6 Å². The number of nitrogens with zero attached hydrogens (tertiary/aromatic N) is 3. The van der Waals surface area contributed by atoms with Crippen LogP contribution in [0.1, 0.15) is 50.8 Å². The lowest BCUT2D eigenvalue weighted by atomic mass is 9.86. The number of rotatable bonds is 5. The summed E-state index contributed by atoms with van der Waals surface area (Å²) in [5.41, 5.74) is 1.07. The highest BCUT2D eigenvalue weighted by molar-refractivity contribution is 5.74. The second-order valence-electron chi connectivity index (χ2n) is 7.67. The van der Waals surface area contributed by atoms with E-state index in [1.807, 2.05) is 11.6 Å². The number of amides is 2. The average Bonchev–Trinajstić information content (AvgIpc) is 3.34. The van der Waals surface area contributed by atoms with Crippen LogP contribution in [0.25, 0.3) is 0 Å². The highest BCUT2D eigenvalue weighted by Crippen LogP contribution is 2.34. The van der Waals surface area contributed by atoms with Gasteiger partial charge in [-0.25, -0.2) is 9.48 Å². The van der Waals surface area contributed by atoms with Gasteiger partial charge in [0.1, 0.15) is 18.2 Å². The van der Waals surface area contributed by atoms with E-state index in [1.165, 1.54) is 32.1 Å². The minimum absolute atomic E-state index is 0.0219. The summed E-state index contributed by atoms with van der Waals surface area (Å²) in [7, 11) is 0. The molecule has 2 aliphatic heterocycles. The average molecular weight is 363 g/mol. The van der Waals surface area contributed by atoms with Crippen molar-refractivity contribution in [3.63, 3.8) is 0 Å². The van der Waals surface area contributed by atoms with Crippen LogP contribution in [0.15, 0.2) is 6.20 Å². The number of urea groups is 1. The van der Waals surface area contributed by atoms with Gasteiger partial charge in [-0.3, -0.25) is 0 Å². The van der Waals surface area contributed by atoms with Crippen LogP contribution in [0.4, 0.5) is 4.79 Å². The lowest BCUT2D eigenvalue weighted by molar-refractivity contribution is 0.0622. The summed E-state index contributed by atoms with van der Waals surface area (Å²) in [6.45, 7) is 3.49. The molecule has 3 aliphatic rings. The van der Waals surface area contributed by atoms with E-state index in [-0.39, 0.29) is 30.3 Å². The third-order valence-electron chi connectivity index (χ3n) is 5.80. The van der Waals surface area contributed by atoms with Crippen LogP contribution in [0.3, 0.4) is 0 Å². The summed E-state index contributed by atoms with van der Waals surface area (Å²) in [4.78, 5) is 11.8. The number of aromatic nitrogens is 3. The monoisotopic (exact) mass is 363 g/mol. The number of nitrogens with one attached hydrogen (secondary N) is 2. The molecule has 1 aromatic rings. The quantitative estimate of drug-likeness (QED) is 0.826. The third-order valence-corrected chi connectivity index (χ3v) is 5.80. The first-order valence-electron chi connectivity index (χ1n) is 9.93. The van der Waals surface area contributed by atoms with Crippen LogP contribution < -0.4 is 10.6 Å². The summed E-state index contributed by atoms with van der Waals surface area (Å²) in [6.07, 6.45) is 9.51. The third kappa shape index (κ3) is 3.71. The van der Waals surface area contributed by atoms with Crippen LogP contribution in [-0.4, -0.2) is 59.0 Å². The van der Waals surface area contributed by atoms with E-state index >= 15 is 0 Å². The number of hydrogen-bond donors (Lipinski definition) is 2. The maximum atomic E-state index is 11.8. The molecule has 144 valence electrons. The summed E-state index contributed by atoms with van der Waals surface area (Å²) in [5, 5.41) is 14.4. The van der Waals surface area contributed by atoms with Gasteiger partial charge in [-0.2, -0.15) is 0 Å². The Morgan fingerprint density at radius 3 is 2.85 bits per heavy atom. The van der Waals surface area contributed by atoms with Crippen molar-refractivity contribution in [2.75, 3.05) is 19.8 Å². The first-order chi connectivity index (χ1) is 12.7. The summed E-state index contributed by atoms with van der Waals surface area (Å²) < 4.78 is 13.8. The number of hydrogen-bond acceptors (Lipinski definition) is 5. The van der Waals surface area contributed by atoms with Gasteiger partial charge in [0.25, 0.3) is 0 Å². The van der Waals surface area contributed by atoms with E-state index in [2.05, 4.69) is 27.1 Å². The summed E-state index contributed by atoms with van der Waals surface area (Å²) in [6, 6.07) is -0.278. The largest absolute Gasteiger partial charge is 0.371 e. The van der Waals surface area contributed by atoms with Gasteiger partial charge in [0.2, 0.25) is 0 Å². The van der Waals surface area contributed by atoms with Gasteiger partial charge < -0.3 is 20.1 Å². The lowest BCUT2D eigenvalue weighted by Gasteiger charge is -2.20. The van der Waals surface area contributed by atoms with Crippen LogP contribution in [0, 0.1) is 5.92 Å². The van der Waals surface area contributed by atoms with E-state index in [0.29, 0.717) is 19.8 Å². The topological polar surface area (TPSA) is 90.3 Å². The molecule has 0 bridgehead atoms. The van der Waals surface area contributed by atoms with Gasteiger partial charge in [0.05, 0.1) is 24.9 Å². The fourth-order valence-electron chi connectivity index (χ4n) is 4.47. The second kappa shape index (κ2) is 7.92. The summed E-state index contributed by atoms with van der Waals surface area (Å²) >= 11 is 0. The van der Waals surface area contributed by atoms with Gasteiger partial charge in [-0.15, -0.1) is 5.10 Å². The highest BCUT2D eigenvalue weighted by atomic mass is 16.6. The molecular weight excluding hydrogens is 334 g/mol. The van der Waals surface area contributed by atoms with Crippen molar-refractivity contribution in [1.29, 1.82) is 0 Å². The number of fused-ring (bicyclic) bond motifs is 1. The van der Waals surface area contributed by atoms with Crippen molar-refractivity contribution < 1.29 is 14.3 Å². The van der Waals surface area contributed by atoms with E-state index in [4.69, 9.17) is 9.47 Å². The zero-order chi connectivity index (χ0) is 17.9. The molecule has 8 heteroatoms. The molecule has 26 heavy (non-hydrogen) atoms. The first-order valence-corrected chi connectivity index (χ1v) is 9.93. The zero-order valence-electron chi connectivity index (χ0n) is 15.4. The van der Waals surface area contributed by atoms with Crippen molar-refractivity contribution in [3.8, 4) is 0 Å². The summed E-state index contributed by atoms with van der Waals surface area (Å²) in [5.74, 6) is 0.745. The van der Waals surface area contributed by atoms with Crippen molar-refractivity contribution >= 4 is 6.03 Å². The Labute approximate surface area is 154 Å². The van der Waals surface area contributed by atoms with Crippen LogP contribution in [0.2, 0.25) is 0 Å². The Morgan fingerprint density at radius 2 is 2.04 bits per heavy atom. The van der Waals surface area contributed by atoms with Gasteiger partial charge in [0.15, 0.2) is 0 Å². The van der Waals surface area contributed by atoms with Crippen molar-refractivity contribution in [2.45, 2.75) is 69.7 Å². The molecule has 2 N–H and O–H groups in total. The fraction of sp³-hybridized carbons (Fsp3) is 0.833. The standard InChI is InChI=1S/C18H29N5O3/c1-2-19-18(24)20-14-10-25-17-15(11-26-16(14)17)23-9-13(21-22-23)8-12-6-4-3-5-7-12/h9,12,14-17H,2-8,10-11H2,1H3,(H2,19,20,24)/t14-,15+,16-,17+/m1/s1. The predicted octanol–water partition coefficient (Wildman–Crippen LogP) is 1.43. The number of carbonyl (C=O) groups is 1. The van der Waals surface area contributed by atoms with Gasteiger partial charge in [0, 0.05) is 12.7 Å². The second-order valence-corrected chi connectivity index (χ2v) is 7.67. The molecule has 8 nitrogen and oxygen atoms in total. The fourth-order valence-corrected chi connectivity index (χ4v) is 4.47. The van der Waals surface area contributed by atoms with Crippen LogP contribution in [-0.2, 0) is 15.9 Å². The molecule has 4 atom stereocenters. The number of carbonyl (C=O) groups excluding carboxylic acids is 1. The van der Waals surface area contributed by atoms with Crippen LogP contribution in [0.5, 0.6) is 0 Å². The Hall–Kier alpha value is -1.67. The SMILES string of the molecule is CCNC(=O)N[C@@H]1CO[C@@H]2[C@@H]1OC[C@@H]2n1cc(CC2CCCCC2)nn1. The van der Waals surface area contributed by atoms with Gasteiger partial charge >= 0.3 is 6.03 Å². The molecule has 2 amide bonds. The van der Waals surface area contributed by atoms with Gasteiger partial charge in [-0.05, 0) is 19.3 Å². The van der Waals surface area contributed by atoms with Crippen molar-refractivity contribution in [2.24, 2.45) is 5.92 Å². The van der Waals surface area contributed by atoms with Crippen LogP contribution >= 0.6 is 0 Å². The zero-order valence-corrected chi connectivity index (χ0v) is 15.4. The van der Waals surface area contributed by atoms with E-state index in [0.717, 1.165) is 18.0 Å². The molecule has 2 saturated heterocycles. The Kier molecular flexibility index (Phi) is 5.40. The Balaban J connectivity index is 1.35. The van der Waals surface area contributed by atoms with E-state index < -0.39 is 0 Å². The highest BCUT2D eigenvalue weighted by Gasteiger charge is 2.49. The molecule has 0 unspecified atom stereocenters. The molecular formula is C18H29N5O3. The minimum atomic E-state index is -0.177. The van der Waals surface area contributed by atoms with E-state index in [9.17, 15) is 4.79 Å². The predicted molar refractivity (Wildman–Crippen MR) is 94.8 cm³/mol. The molecule has 0 radical (unpaired) electrons. The molecule has 1 aromatic heterocycles. The molecule has 3 fully saturated rings. The van der Waals surface area contributed by atoms with Gasteiger partial charge in [-0.1, -0.05) is 37.3 Å².